The van der Waals surface area contributed by atoms with Crippen LogP contribution in [-0.2, 0) is 23.0 Å². The molecule has 17 heavy (non-hydrogen) atoms. The van der Waals surface area contributed by atoms with E-state index in [4.69, 9.17) is 0 Å². The van der Waals surface area contributed by atoms with Crippen LogP contribution >= 0.6 is 0 Å². The molecule has 1 aromatic carbocycles. The highest BCUT2D eigenvalue weighted by molar-refractivity contribution is 7.92. The predicted octanol–water partition coefficient (Wildman–Crippen LogP) is 1.26. The van der Waals surface area contributed by atoms with E-state index < -0.39 is 10.0 Å². The Balaban J connectivity index is 2.20. The molecule has 0 atom stereocenters. The lowest BCUT2D eigenvalue weighted by Gasteiger charge is -2.18. The SMILES string of the molecule is C=CCS(=O)(=O)Nc1ccc2c(c1)CNCC2. The lowest BCUT2D eigenvalue weighted by molar-refractivity contribution is 0.604. The van der Waals surface area contributed by atoms with Crippen molar-refractivity contribution in [2.75, 3.05) is 17.0 Å². The van der Waals surface area contributed by atoms with Crippen LogP contribution in [0.25, 0.3) is 0 Å². The first-order valence-electron chi connectivity index (χ1n) is 5.54. The van der Waals surface area contributed by atoms with Gasteiger partial charge in [-0.2, -0.15) is 0 Å². The van der Waals surface area contributed by atoms with Gasteiger partial charge in [-0.05, 0) is 36.2 Å². The third-order valence-corrected chi connectivity index (χ3v) is 3.92. The van der Waals surface area contributed by atoms with E-state index in [9.17, 15) is 8.42 Å². The normalized spacial score (nSPS) is 15.1. The standard InChI is InChI=1S/C12H16N2O2S/c1-2-7-17(15,16)14-12-4-3-10-5-6-13-9-11(10)8-12/h2-4,8,13-14H,1,5-7,9H2. The first-order valence-corrected chi connectivity index (χ1v) is 7.20. The summed E-state index contributed by atoms with van der Waals surface area (Å²) in [6.45, 7) is 5.21. The molecule has 4 nitrogen and oxygen atoms in total. The van der Waals surface area contributed by atoms with Crippen molar-refractivity contribution in [3.05, 3.63) is 42.0 Å². The van der Waals surface area contributed by atoms with Crippen LogP contribution in [0.4, 0.5) is 5.69 Å². The van der Waals surface area contributed by atoms with Crippen molar-refractivity contribution in [1.82, 2.24) is 5.32 Å². The molecular formula is C12H16N2O2S. The van der Waals surface area contributed by atoms with Gasteiger partial charge in [-0.25, -0.2) is 8.42 Å². The molecule has 1 aliphatic heterocycles. The molecule has 0 bridgehead atoms. The van der Waals surface area contributed by atoms with Crippen LogP contribution in [0.2, 0.25) is 0 Å². The Kier molecular flexibility index (Phi) is 3.49. The first-order chi connectivity index (χ1) is 8.11. The van der Waals surface area contributed by atoms with Crippen LogP contribution in [0.15, 0.2) is 30.9 Å². The van der Waals surface area contributed by atoms with Gasteiger partial charge >= 0.3 is 0 Å². The highest BCUT2D eigenvalue weighted by atomic mass is 32.2. The molecule has 0 unspecified atom stereocenters. The van der Waals surface area contributed by atoms with E-state index in [1.54, 1.807) is 0 Å². The smallest absolute Gasteiger partial charge is 0.236 e. The molecule has 1 aliphatic rings. The molecule has 0 spiro atoms. The maximum Gasteiger partial charge on any atom is 0.236 e. The second-order valence-corrected chi connectivity index (χ2v) is 5.85. The molecule has 0 saturated carbocycles. The molecule has 0 aliphatic carbocycles. The van der Waals surface area contributed by atoms with E-state index in [0.29, 0.717) is 5.69 Å². The molecular weight excluding hydrogens is 236 g/mol. The molecule has 0 amide bonds. The van der Waals surface area contributed by atoms with Gasteiger partial charge in [0.25, 0.3) is 0 Å². The minimum Gasteiger partial charge on any atom is -0.312 e. The number of sulfonamides is 1. The Morgan fingerprint density at radius 3 is 3.00 bits per heavy atom. The van der Waals surface area contributed by atoms with Crippen LogP contribution in [-0.4, -0.2) is 20.7 Å². The number of rotatable bonds is 4. The summed E-state index contributed by atoms with van der Waals surface area (Å²) >= 11 is 0. The maximum atomic E-state index is 11.6. The largest absolute Gasteiger partial charge is 0.312 e. The van der Waals surface area contributed by atoms with Gasteiger partial charge in [0.15, 0.2) is 0 Å². The molecule has 0 fully saturated rings. The van der Waals surface area contributed by atoms with Crippen molar-refractivity contribution in [1.29, 1.82) is 0 Å². The third kappa shape index (κ3) is 3.08. The number of hydrogen-bond acceptors (Lipinski definition) is 3. The van der Waals surface area contributed by atoms with Gasteiger partial charge in [-0.3, -0.25) is 4.72 Å². The fourth-order valence-corrected chi connectivity index (χ4v) is 2.80. The van der Waals surface area contributed by atoms with E-state index >= 15 is 0 Å². The van der Waals surface area contributed by atoms with Crippen molar-refractivity contribution in [2.24, 2.45) is 0 Å². The van der Waals surface area contributed by atoms with Crippen LogP contribution < -0.4 is 10.0 Å². The zero-order chi connectivity index (χ0) is 12.3. The summed E-state index contributed by atoms with van der Waals surface area (Å²) in [6.07, 6.45) is 2.37. The predicted molar refractivity (Wildman–Crippen MR) is 69.5 cm³/mol. The van der Waals surface area contributed by atoms with E-state index in [1.807, 2.05) is 18.2 Å². The molecule has 2 rings (SSSR count). The quantitative estimate of drug-likeness (QED) is 0.793. The minimum atomic E-state index is -3.30. The Morgan fingerprint density at radius 2 is 2.24 bits per heavy atom. The van der Waals surface area contributed by atoms with Crippen molar-refractivity contribution in [3.8, 4) is 0 Å². The average Bonchev–Trinajstić information content (AvgIpc) is 2.28. The lowest BCUT2D eigenvalue weighted by Crippen LogP contribution is -2.24. The van der Waals surface area contributed by atoms with E-state index in [0.717, 1.165) is 25.1 Å². The molecule has 1 aromatic rings. The summed E-state index contributed by atoms with van der Waals surface area (Å²) in [7, 11) is -3.30. The highest BCUT2D eigenvalue weighted by Gasteiger charge is 2.12. The Bertz CT molecular complexity index is 523. The molecule has 0 radical (unpaired) electrons. The Labute approximate surface area is 102 Å². The van der Waals surface area contributed by atoms with Gasteiger partial charge in [-0.1, -0.05) is 12.1 Å². The second kappa shape index (κ2) is 4.89. The lowest BCUT2D eigenvalue weighted by atomic mass is 10.0. The molecule has 5 heteroatoms. The van der Waals surface area contributed by atoms with Crippen LogP contribution in [0.1, 0.15) is 11.1 Å². The fraction of sp³-hybridized carbons (Fsp3) is 0.333. The van der Waals surface area contributed by atoms with Crippen LogP contribution in [0.5, 0.6) is 0 Å². The van der Waals surface area contributed by atoms with Crippen molar-refractivity contribution in [3.63, 3.8) is 0 Å². The Hall–Kier alpha value is -1.33. The van der Waals surface area contributed by atoms with E-state index in [2.05, 4.69) is 16.6 Å². The van der Waals surface area contributed by atoms with Crippen molar-refractivity contribution < 1.29 is 8.42 Å². The highest BCUT2D eigenvalue weighted by Crippen LogP contribution is 2.19. The minimum absolute atomic E-state index is 0.0671. The monoisotopic (exact) mass is 252 g/mol. The van der Waals surface area contributed by atoms with E-state index in [-0.39, 0.29) is 5.75 Å². The number of benzene rings is 1. The number of fused-ring (bicyclic) bond motifs is 1. The summed E-state index contributed by atoms with van der Waals surface area (Å²) in [4.78, 5) is 0. The summed E-state index contributed by atoms with van der Waals surface area (Å²) in [5.74, 6) is -0.0671. The van der Waals surface area contributed by atoms with Crippen molar-refractivity contribution >= 4 is 15.7 Å². The fourth-order valence-electron chi connectivity index (χ4n) is 1.92. The number of nitrogens with one attached hydrogen (secondary N) is 2. The topological polar surface area (TPSA) is 58.2 Å². The van der Waals surface area contributed by atoms with Crippen LogP contribution in [0.3, 0.4) is 0 Å². The Morgan fingerprint density at radius 1 is 1.41 bits per heavy atom. The van der Waals surface area contributed by atoms with Gasteiger partial charge in [0.1, 0.15) is 0 Å². The molecule has 0 saturated heterocycles. The molecule has 2 N–H and O–H groups in total. The maximum absolute atomic E-state index is 11.6. The summed E-state index contributed by atoms with van der Waals surface area (Å²) in [5.41, 5.74) is 3.07. The zero-order valence-electron chi connectivity index (χ0n) is 9.57. The average molecular weight is 252 g/mol. The summed E-state index contributed by atoms with van der Waals surface area (Å²) in [5, 5.41) is 3.26. The first kappa shape index (κ1) is 12.1. The molecule has 92 valence electrons. The summed E-state index contributed by atoms with van der Waals surface area (Å²) < 4.78 is 25.7. The van der Waals surface area contributed by atoms with E-state index in [1.165, 1.54) is 11.6 Å². The second-order valence-electron chi connectivity index (χ2n) is 4.08. The summed E-state index contributed by atoms with van der Waals surface area (Å²) in [6, 6.07) is 5.69. The third-order valence-electron chi connectivity index (χ3n) is 2.70. The van der Waals surface area contributed by atoms with Crippen molar-refractivity contribution in [2.45, 2.75) is 13.0 Å². The molecule has 0 aromatic heterocycles. The zero-order valence-corrected chi connectivity index (χ0v) is 10.4. The van der Waals surface area contributed by atoms with Gasteiger partial charge in [0.2, 0.25) is 10.0 Å². The molecule has 1 heterocycles. The number of anilines is 1. The number of hydrogen-bond donors (Lipinski definition) is 2. The van der Waals surface area contributed by atoms with Crippen LogP contribution in [0, 0.1) is 0 Å². The van der Waals surface area contributed by atoms with Gasteiger partial charge in [0, 0.05) is 12.2 Å². The van der Waals surface area contributed by atoms with Gasteiger partial charge in [-0.15, -0.1) is 6.58 Å². The van der Waals surface area contributed by atoms with Gasteiger partial charge < -0.3 is 5.32 Å². The van der Waals surface area contributed by atoms with Gasteiger partial charge in [0.05, 0.1) is 5.75 Å².